The van der Waals surface area contributed by atoms with Gasteiger partial charge in [-0.1, -0.05) is 60.1 Å². The Kier molecular flexibility index (Phi) is 7.04. The number of benzene rings is 3. The highest BCUT2D eigenvalue weighted by atomic mass is 35.5. The molecule has 28 heavy (non-hydrogen) atoms. The minimum Gasteiger partial charge on any atom is -0.489 e. The highest BCUT2D eigenvalue weighted by Crippen LogP contribution is 2.18. The summed E-state index contributed by atoms with van der Waals surface area (Å²) < 4.78 is 11.2. The van der Waals surface area contributed by atoms with Crippen LogP contribution in [0.4, 0.5) is 0 Å². The summed E-state index contributed by atoms with van der Waals surface area (Å²) in [4.78, 5) is 11.8. The molecule has 0 aromatic heterocycles. The van der Waals surface area contributed by atoms with Crippen LogP contribution in [0.15, 0.2) is 84.0 Å². The zero-order chi connectivity index (χ0) is 19.6. The summed E-state index contributed by atoms with van der Waals surface area (Å²) in [5, 5.41) is 4.43. The van der Waals surface area contributed by atoms with Crippen molar-refractivity contribution in [3.8, 4) is 11.5 Å². The summed E-state index contributed by atoms with van der Waals surface area (Å²) in [6, 6.07) is 24.2. The molecule has 1 amide bonds. The second kappa shape index (κ2) is 10.1. The summed E-state index contributed by atoms with van der Waals surface area (Å²) in [5.41, 5.74) is 4.21. The second-order valence-corrected chi connectivity index (χ2v) is 6.26. The molecular formula is C22H19ClN2O3. The standard InChI is InChI=1S/C22H19ClN2O3/c23-21-9-5-4-8-18(21)14-24-25-22(26)16-28-20-12-10-19(11-13-20)27-15-17-6-2-1-3-7-17/h1-14H,15-16H2,(H,25,26)/b24-14-. The Morgan fingerprint density at radius 3 is 2.25 bits per heavy atom. The molecule has 0 fully saturated rings. The van der Waals surface area contributed by atoms with Crippen molar-refractivity contribution in [1.82, 2.24) is 5.43 Å². The van der Waals surface area contributed by atoms with Crippen molar-refractivity contribution in [3.05, 3.63) is 95.0 Å². The molecule has 0 unspecified atom stereocenters. The molecule has 0 bridgehead atoms. The van der Waals surface area contributed by atoms with Crippen LogP contribution in [0.25, 0.3) is 0 Å². The first-order chi connectivity index (χ1) is 13.7. The van der Waals surface area contributed by atoms with Crippen molar-refractivity contribution in [1.29, 1.82) is 0 Å². The minimum absolute atomic E-state index is 0.149. The quantitative estimate of drug-likeness (QED) is 0.453. The van der Waals surface area contributed by atoms with Gasteiger partial charge in [-0.25, -0.2) is 5.43 Å². The van der Waals surface area contributed by atoms with Crippen LogP contribution in [0.5, 0.6) is 11.5 Å². The topological polar surface area (TPSA) is 59.9 Å². The Labute approximate surface area is 168 Å². The van der Waals surface area contributed by atoms with Gasteiger partial charge in [0.25, 0.3) is 5.91 Å². The van der Waals surface area contributed by atoms with Crippen molar-refractivity contribution < 1.29 is 14.3 Å². The third-order valence-electron chi connectivity index (χ3n) is 3.74. The van der Waals surface area contributed by atoms with Gasteiger partial charge < -0.3 is 9.47 Å². The normalized spacial score (nSPS) is 10.6. The molecule has 3 aromatic rings. The van der Waals surface area contributed by atoms with Crippen LogP contribution in [0.3, 0.4) is 0 Å². The van der Waals surface area contributed by atoms with Gasteiger partial charge in [0.1, 0.15) is 18.1 Å². The van der Waals surface area contributed by atoms with E-state index in [4.69, 9.17) is 21.1 Å². The highest BCUT2D eigenvalue weighted by molar-refractivity contribution is 6.33. The number of ether oxygens (including phenoxy) is 2. The molecule has 0 heterocycles. The van der Waals surface area contributed by atoms with E-state index in [0.717, 1.165) is 16.9 Å². The molecule has 0 aliphatic heterocycles. The summed E-state index contributed by atoms with van der Waals surface area (Å²) in [5.74, 6) is 0.926. The zero-order valence-corrected chi connectivity index (χ0v) is 15.8. The number of carbonyl (C=O) groups excluding carboxylic acids is 1. The lowest BCUT2D eigenvalue weighted by Crippen LogP contribution is -2.24. The maximum atomic E-state index is 11.8. The number of hydrogen-bond acceptors (Lipinski definition) is 4. The summed E-state index contributed by atoms with van der Waals surface area (Å²) in [6.07, 6.45) is 1.49. The van der Waals surface area contributed by atoms with E-state index in [1.54, 1.807) is 36.4 Å². The Morgan fingerprint density at radius 1 is 0.893 bits per heavy atom. The molecule has 0 atom stereocenters. The molecule has 3 rings (SSSR count). The maximum absolute atomic E-state index is 11.8. The first-order valence-corrected chi connectivity index (χ1v) is 9.04. The highest BCUT2D eigenvalue weighted by Gasteiger charge is 2.03. The fourth-order valence-electron chi connectivity index (χ4n) is 2.31. The lowest BCUT2D eigenvalue weighted by Gasteiger charge is -2.08. The van der Waals surface area contributed by atoms with Crippen LogP contribution in [0.1, 0.15) is 11.1 Å². The smallest absolute Gasteiger partial charge is 0.277 e. The predicted molar refractivity (Wildman–Crippen MR) is 110 cm³/mol. The van der Waals surface area contributed by atoms with Gasteiger partial charge in [-0.05, 0) is 35.9 Å². The van der Waals surface area contributed by atoms with E-state index in [-0.39, 0.29) is 12.5 Å². The van der Waals surface area contributed by atoms with Gasteiger partial charge >= 0.3 is 0 Å². The van der Waals surface area contributed by atoms with Gasteiger partial charge in [0.2, 0.25) is 0 Å². The van der Waals surface area contributed by atoms with Crippen LogP contribution in [-0.4, -0.2) is 18.7 Å². The number of hydrogen-bond donors (Lipinski definition) is 1. The number of amides is 1. The molecular weight excluding hydrogens is 376 g/mol. The number of rotatable bonds is 8. The maximum Gasteiger partial charge on any atom is 0.277 e. The van der Waals surface area contributed by atoms with Gasteiger partial charge in [0, 0.05) is 10.6 Å². The zero-order valence-electron chi connectivity index (χ0n) is 15.0. The minimum atomic E-state index is -0.368. The second-order valence-electron chi connectivity index (χ2n) is 5.85. The first kappa shape index (κ1) is 19.5. The summed E-state index contributed by atoms with van der Waals surface area (Å²) >= 11 is 6.01. The number of carbonyl (C=O) groups is 1. The molecule has 3 aromatic carbocycles. The molecule has 1 N–H and O–H groups in total. The molecule has 6 heteroatoms. The monoisotopic (exact) mass is 394 g/mol. The number of nitrogens with one attached hydrogen (secondary N) is 1. The molecule has 0 radical (unpaired) electrons. The average molecular weight is 395 g/mol. The third-order valence-corrected chi connectivity index (χ3v) is 4.08. The number of halogens is 1. The lowest BCUT2D eigenvalue weighted by molar-refractivity contribution is -0.123. The van der Waals surface area contributed by atoms with Crippen LogP contribution in [0, 0.1) is 0 Å². The fourth-order valence-corrected chi connectivity index (χ4v) is 2.49. The largest absolute Gasteiger partial charge is 0.489 e. The SMILES string of the molecule is O=C(COc1ccc(OCc2ccccc2)cc1)N/N=C\c1ccccc1Cl. The molecule has 142 valence electrons. The van der Waals surface area contributed by atoms with Crippen molar-refractivity contribution >= 4 is 23.7 Å². The Morgan fingerprint density at radius 2 is 1.54 bits per heavy atom. The third kappa shape index (κ3) is 6.14. The fraction of sp³-hybridized carbons (Fsp3) is 0.0909. The van der Waals surface area contributed by atoms with Crippen LogP contribution in [0.2, 0.25) is 5.02 Å². The number of hydrazone groups is 1. The average Bonchev–Trinajstić information content (AvgIpc) is 2.74. The Balaban J connectivity index is 1.41. The molecule has 0 spiro atoms. The van der Waals surface area contributed by atoms with E-state index in [2.05, 4.69) is 10.5 Å². The molecule has 0 aliphatic rings. The van der Waals surface area contributed by atoms with Crippen LogP contribution < -0.4 is 14.9 Å². The van der Waals surface area contributed by atoms with Gasteiger partial charge in [0.15, 0.2) is 6.61 Å². The van der Waals surface area contributed by atoms with Crippen LogP contribution in [-0.2, 0) is 11.4 Å². The molecule has 5 nitrogen and oxygen atoms in total. The Bertz CT molecular complexity index is 928. The van der Waals surface area contributed by atoms with Gasteiger partial charge in [-0.2, -0.15) is 5.10 Å². The van der Waals surface area contributed by atoms with E-state index < -0.39 is 0 Å². The van der Waals surface area contributed by atoms with Crippen molar-refractivity contribution in [3.63, 3.8) is 0 Å². The lowest BCUT2D eigenvalue weighted by atomic mass is 10.2. The van der Waals surface area contributed by atoms with Gasteiger partial charge in [-0.3, -0.25) is 4.79 Å². The van der Waals surface area contributed by atoms with Gasteiger partial charge in [-0.15, -0.1) is 0 Å². The molecule has 0 saturated heterocycles. The Hall–Kier alpha value is -3.31. The predicted octanol–water partition coefficient (Wildman–Crippen LogP) is 4.45. The van der Waals surface area contributed by atoms with E-state index in [1.165, 1.54) is 6.21 Å². The van der Waals surface area contributed by atoms with Crippen LogP contribution >= 0.6 is 11.6 Å². The van der Waals surface area contributed by atoms with Crippen molar-refractivity contribution in [2.45, 2.75) is 6.61 Å². The van der Waals surface area contributed by atoms with Crippen molar-refractivity contribution in [2.75, 3.05) is 6.61 Å². The van der Waals surface area contributed by atoms with Gasteiger partial charge in [0.05, 0.1) is 6.21 Å². The first-order valence-electron chi connectivity index (χ1n) is 8.67. The summed E-state index contributed by atoms with van der Waals surface area (Å²) in [6.45, 7) is 0.344. The summed E-state index contributed by atoms with van der Waals surface area (Å²) in [7, 11) is 0. The molecule has 0 aliphatic carbocycles. The van der Waals surface area contributed by atoms with Crippen molar-refractivity contribution in [2.24, 2.45) is 5.10 Å². The van der Waals surface area contributed by atoms with E-state index in [9.17, 15) is 4.79 Å². The molecule has 0 saturated carbocycles. The van der Waals surface area contributed by atoms with E-state index in [0.29, 0.717) is 17.4 Å². The van der Waals surface area contributed by atoms with E-state index in [1.807, 2.05) is 42.5 Å². The number of nitrogens with zero attached hydrogens (tertiary/aromatic N) is 1. The van der Waals surface area contributed by atoms with E-state index >= 15 is 0 Å².